The molecule has 0 aliphatic heterocycles. The highest BCUT2D eigenvalue weighted by Gasteiger charge is 2.23. The van der Waals surface area contributed by atoms with Crippen molar-refractivity contribution in [3.05, 3.63) is 29.3 Å². The minimum atomic E-state index is -2.75. The number of fused-ring (bicyclic) bond motifs is 1. The van der Waals surface area contributed by atoms with Crippen LogP contribution in [0.25, 0.3) is 0 Å². The standard InChI is InChI=1S/C15H22F2N2O/c1-10(9-19-18-2)5-11-6-12-3-4-14(20-15(16)17)8-13(12)7-11/h3-4,8,10-11,15,18-19H,5-7,9H2,1-2H3. The summed E-state index contributed by atoms with van der Waals surface area (Å²) in [6, 6.07) is 5.32. The van der Waals surface area contributed by atoms with Gasteiger partial charge in [0.15, 0.2) is 0 Å². The Morgan fingerprint density at radius 1 is 1.30 bits per heavy atom. The monoisotopic (exact) mass is 284 g/mol. The zero-order chi connectivity index (χ0) is 14.5. The number of hydrogen-bond donors (Lipinski definition) is 2. The molecule has 0 amide bonds. The van der Waals surface area contributed by atoms with E-state index in [-0.39, 0.29) is 5.75 Å². The zero-order valence-corrected chi connectivity index (χ0v) is 12.0. The molecule has 1 aliphatic carbocycles. The SMILES string of the molecule is CNNCC(C)CC1Cc2ccc(OC(F)F)cc2C1. The molecule has 0 radical (unpaired) electrons. The maximum absolute atomic E-state index is 12.2. The lowest BCUT2D eigenvalue weighted by molar-refractivity contribution is -0.0498. The van der Waals surface area contributed by atoms with Gasteiger partial charge in [-0.15, -0.1) is 0 Å². The summed E-state index contributed by atoms with van der Waals surface area (Å²) in [5.74, 6) is 1.45. The van der Waals surface area contributed by atoms with Gasteiger partial charge in [0.25, 0.3) is 0 Å². The molecule has 0 saturated carbocycles. The smallest absolute Gasteiger partial charge is 0.387 e. The molecule has 2 atom stereocenters. The molecule has 0 bridgehead atoms. The number of nitrogens with one attached hydrogen (secondary N) is 2. The summed E-state index contributed by atoms with van der Waals surface area (Å²) in [6.45, 7) is 0.403. The minimum Gasteiger partial charge on any atom is -0.435 e. The van der Waals surface area contributed by atoms with Crippen LogP contribution in [-0.4, -0.2) is 20.2 Å². The van der Waals surface area contributed by atoms with Crippen molar-refractivity contribution in [3.8, 4) is 5.75 Å². The van der Waals surface area contributed by atoms with Crippen LogP contribution in [0.5, 0.6) is 5.75 Å². The molecule has 1 aliphatic rings. The second-order valence-corrected chi connectivity index (χ2v) is 5.56. The first-order valence-corrected chi connectivity index (χ1v) is 7.04. The van der Waals surface area contributed by atoms with Crippen LogP contribution in [0.1, 0.15) is 24.5 Å². The van der Waals surface area contributed by atoms with Crippen LogP contribution in [0.15, 0.2) is 18.2 Å². The van der Waals surface area contributed by atoms with E-state index in [2.05, 4.69) is 22.5 Å². The molecule has 0 heterocycles. The van der Waals surface area contributed by atoms with Crippen LogP contribution in [-0.2, 0) is 12.8 Å². The summed E-state index contributed by atoms with van der Waals surface area (Å²) in [6.07, 6.45) is 3.13. The number of alkyl halides is 2. The maximum Gasteiger partial charge on any atom is 0.387 e. The van der Waals surface area contributed by atoms with Gasteiger partial charge in [-0.3, -0.25) is 10.9 Å². The Hall–Kier alpha value is -1.20. The van der Waals surface area contributed by atoms with Crippen LogP contribution in [0, 0.1) is 11.8 Å². The van der Waals surface area contributed by atoms with Crippen molar-refractivity contribution < 1.29 is 13.5 Å². The number of ether oxygens (including phenoxy) is 1. The van der Waals surface area contributed by atoms with Crippen LogP contribution in [0.4, 0.5) is 8.78 Å². The molecule has 0 aromatic heterocycles. The molecule has 2 N–H and O–H groups in total. The van der Waals surface area contributed by atoms with Gasteiger partial charge < -0.3 is 4.74 Å². The van der Waals surface area contributed by atoms with Gasteiger partial charge in [-0.1, -0.05) is 13.0 Å². The Balaban J connectivity index is 1.90. The van der Waals surface area contributed by atoms with Gasteiger partial charge in [-0.2, -0.15) is 8.78 Å². The molecule has 0 fully saturated rings. The van der Waals surface area contributed by atoms with Gasteiger partial charge in [-0.25, -0.2) is 0 Å². The van der Waals surface area contributed by atoms with Crippen LogP contribution in [0.2, 0.25) is 0 Å². The van der Waals surface area contributed by atoms with E-state index in [0.717, 1.165) is 31.4 Å². The summed E-state index contributed by atoms with van der Waals surface area (Å²) in [5.41, 5.74) is 8.47. The fraction of sp³-hybridized carbons (Fsp3) is 0.600. The first-order chi connectivity index (χ1) is 9.58. The van der Waals surface area contributed by atoms with Crippen molar-refractivity contribution in [2.45, 2.75) is 32.8 Å². The molecular formula is C15H22F2N2O. The number of halogens is 2. The van der Waals surface area contributed by atoms with Crippen molar-refractivity contribution in [2.75, 3.05) is 13.6 Å². The molecule has 0 spiro atoms. The molecule has 1 aromatic rings. The van der Waals surface area contributed by atoms with E-state index in [1.54, 1.807) is 12.1 Å². The van der Waals surface area contributed by atoms with E-state index in [9.17, 15) is 8.78 Å². The molecule has 3 nitrogen and oxygen atoms in total. The van der Waals surface area contributed by atoms with E-state index in [4.69, 9.17) is 0 Å². The number of benzene rings is 1. The fourth-order valence-electron chi connectivity index (χ4n) is 2.96. The summed E-state index contributed by atoms with van der Waals surface area (Å²) < 4.78 is 28.9. The average molecular weight is 284 g/mol. The molecule has 20 heavy (non-hydrogen) atoms. The van der Waals surface area contributed by atoms with E-state index in [1.807, 2.05) is 13.1 Å². The van der Waals surface area contributed by atoms with E-state index >= 15 is 0 Å². The largest absolute Gasteiger partial charge is 0.435 e. The Bertz CT molecular complexity index is 440. The lowest BCUT2D eigenvalue weighted by Crippen LogP contribution is -2.32. The molecule has 112 valence electrons. The Morgan fingerprint density at radius 2 is 2.05 bits per heavy atom. The lowest BCUT2D eigenvalue weighted by Gasteiger charge is -2.16. The van der Waals surface area contributed by atoms with E-state index in [1.165, 1.54) is 5.56 Å². The first kappa shape index (κ1) is 15.2. The van der Waals surface area contributed by atoms with Gasteiger partial charge >= 0.3 is 6.61 Å². The highest BCUT2D eigenvalue weighted by atomic mass is 19.3. The molecule has 1 aromatic carbocycles. The maximum atomic E-state index is 12.2. The number of rotatable bonds is 7. The topological polar surface area (TPSA) is 33.3 Å². The predicted octanol–water partition coefficient (Wildman–Crippen LogP) is 2.75. The molecule has 2 unspecified atom stereocenters. The summed E-state index contributed by atoms with van der Waals surface area (Å²) in [7, 11) is 1.86. The summed E-state index contributed by atoms with van der Waals surface area (Å²) >= 11 is 0. The van der Waals surface area contributed by atoms with Crippen molar-refractivity contribution in [1.82, 2.24) is 10.9 Å². The second kappa shape index (κ2) is 6.99. The molecule has 5 heteroatoms. The summed E-state index contributed by atoms with van der Waals surface area (Å²) in [5, 5.41) is 0. The van der Waals surface area contributed by atoms with Crippen molar-refractivity contribution >= 4 is 0 Å². The van der Waals surface area contributed by atoms with Gasteiger partial charge in [0.1, 0.15) is 5.75 Å². The van der Waals surface area contributed by atoms with Crippen LogP contribution in [0.3, 0.4) is 0 Å². The summed E-state index contributed by atoms with van der Waals surface area (Å²) in [4.78, 5) is 0. The third-order valence-corrected chi connectivity index (χ3v) is 3.78. The average Bonchev–Trinajstić information content (AvgIpc) is 2.77. The van der Waals surface area contributed by atoms with Gasteiger partial charge in [0, 0.05) is 6.54 Å². The fourth-order valence-corrected chi connectivity index (χ4v) is 2.96. The molecular weight excluding hydrogens is 262 g/mol. The number of hydrogen-bond acceptors (Lipinski definition) is 3. The van der Waals surface area contributed by atoms with Crippen LogP contribution < -0.4 is 15.6 Å². The third-order valence-electron chi connectivity index (χ3n) is 3.78. The van der Waals surface area contributed by atoms with Gasteiger partial charge in [0.2, 0.25) is 0 Å². The van der Waals surface area contributed by atoms with Gasteiger partial charge in [0.05, 0.1) is 0 Å². The van der Waals surface area contributed by atoms with Crippen molar-refractivity contribution in [1.29, 1.82) is 0 Å². The minimum absolute atomic E-state index is 0.268. The highest BCUT2D eigenvalue weighted by Crippen LogP contribution is 2.33. The highest BCUT2D eigenvalue weighted by molar-refractivity contribution is 5.39. The Labute approximate surface area is 118 Å². The Morgan fingerprint density at radius 3 is 2.75 bits per heavy atom. The van der Waals surface area contributed by atoms with E-state index < -0.39 is 6.61 Å². The van der Waals surface area contributed by atoms with Crippen LogP contribution >= 0.6 is 0 Å². The normalized spacial score (nSPS) is 19.1. The number of hydrazine groups is 1. The third kappa shape index (κ3) is 4.15. The van der Waals surface area contributed by atoms with Gasteiger partial charge in [-0.05, 0) is 61.4 Å². The molecule has 0 saturated heterocycles. The lowest BCUT2D eigenvalue weighted by atomic mass is 9.93. The molecule has 2 rings (SSSR count). The second-order valence-electron chi connectivity index (χ2n) is 5.56. The zero-order valence-electron chi connectivity index (χ0n) is 12.0. The first-order valence-electron chi connectivity index (χ1n) is 7.04. The Kier molecular flexibility index (Phi) is 5.31. The van der Waals surface area contributed by atoms with Crippen molar-refractivity contribution in [2.24, 2.45) is 11.8 Å². The quantitative estimate of drug-likeness (QED) is 0.755. The van der Waals surface area contributed by atoms with Crippen molar-refractivity contribution in [3.63, 3.8) is 0 Å². The van der Waals surface area contributed by atoms with E-state index in [0.29, 0.717) is 11.8 Å². The predicted molar refractivity (Wildman–Crippen MR) is 74.8 cm³/mol.